The van der Waals surface area contributed by atoms with Crippen LogP contribution in [0.15, 0.2) is 72.9 Å². The Morgan fingerprint density at radius 1 is 1.00 bits per heavy atom. The molecule has 0 bridgehead atoms. The molecule has 5 aromatic rings. The number of hydrogen-bond acceptors (Lipinski definition) is 6. The minimum absolute atomic E-state index is 0.0698. The van der Waals surface area contributed by atoms with E-state index >= 15 is 0 Å². The van der Waals surface area contributed by atoms with Crippen LogP contribution in [0.3, 0.4) is 0 Å². The summed E-state index contributed by atoms with van der Waals surface area (Å²) >= 11 is 1.19. The third-order valence-corrected chi connectivity index (χ3v) is 5.44. The fraction of sp³-hybridized carbons (Fsp3) is 0.0870. The summed E-state index contributed by atoms with van der Waals surface area (Å²) in [6, 6.07) is 21.1. The normalized spacial score (nSPS) is 11.0. The van der Waals surface area contributed by atoms with Gasteiger partial charge in [0.2, 0.25) is 5.91 Å². The summed E-state index contributed by atoms with van der Waals surface area (Å²) in [6.07, 6.45) is 1.77. The summed E-state index contributed by atoms with van der Waals surface area (Å²) in [5.41, 5.74) is 6.72. The van der Waals surface area contributed by atoms with Crippen molar-refractivity contribution in [2.24, 2.45) is 0 Å². The molecule has 0 saturated carbocycles. The summed E-state index contributed by atoms with van der Waals surface area (Å²) in [4.78, 5) is 17.4. The van der Waals surface area contributed by atoms with E-state index in [9.17, 15) is 4.79 Å². The Morgan fingerprint density at radius 3 is 2.68 bits per heavy atom. The predicted octanol–water partition coefficient (Wildman–Crippen LogP) is 4.56. The van der Waals surface area contributed by atoms with Crippen molar-refractivity contribution in [3.63, 3.8) is 0 Å². The average molecular weight is 427 g/mol. The van der Waals surface area contributed by atoms with E-state index in [1.807, 2.05) is 73.7 Å². The molecule has 1 N–H and O–H groups in total. The number of anilines is 1. The number of aromatic nitrogens is 5. The van der Waals surface area contributed by atoms with Gasteiger partial charge >= 0.3 is 0 Å². The predicted molar refractivity (Wildman–Crippen MR) is 122 cm³/mol. The third kappa shape index (κ3) is 3.93. The molecule has 0 spiro atoms. The topological polar surface area (TPSA) is 85.6 Å². The molecule has 3 heterocycles. The molecule has 0 unspecified atom stereocenters. The molecule has 1 amide bonds. The van der Waals surface area contributed by atoms with Crippen molar-refractivity contribution in [1.29, 1.82) is 0 Å². The molecule has 31 heavy (non-hydrogen) atoms. The molecule has 7 nitrogen and oxygen atoms in total. The molecule has 3 aromatic heterocycles. The number of carbonyl (C=O) groups is 1. The van der Waals surface area contributed by atoms with Crippen molar-refractivity contribution in [3.05, 3.63) is 78.6 Å². The maximum atomic E-state index is 12.7. The first-order valence-corrected chi connectivity index (χ1v) is 10.5. The van der Waals surface area contributed by atoms with Crippen LogP contribution in [0.5, 0.6) is 0 Å². The summed E-state index contributed by atoms with van der Waals surface area (Å²) in [5.74, 6) is -0.158. The van der Waals surface area contributed by atoms with E-state index in [0.29, 0.717) is 0 Å². The monoisotopic (exact) mass is 426 g/mol. The number of fused-ring (bicyclic) bond motifs is 1. The molecule has 5 rings (SSSR count). The van der Waals surface area contributed by atoms with Crippen LogP contribution in [0, 0.1) is 6.92 Å². The Kier molecular flexibility index (Phi) is 4.97. The highest BCUT2D eigenvalue weighted by Crippen LogP contribution is 2.32. The van der Waals surface area contributed by atoms with Crippen molar-refractivity contribution in [3.8, 4) is 22.5 Å². The quantitative estimate of drug-likeness (QED) is 0.445. The summed E-state index contributed by atoms with van der Waals surface area (Å²) in [6.45, 7) is 2.01. The number of para-hydroxylation sites is 1. The van der Waals surface area contributed by atoms with E-state index in [2.05, 4.69) is 24.1 Å². The molecule has 0 aliphatic carbocycles. The molecule has 0 aliphatic rings. The van der Waals surface area contributed by atoms with Gasteiger partial charge in [0.1, 0.15) is 17.6 Å². The van der Waals surface area contributed by atoms with Gasteiger partial charge in [0.25, 0.3) is 0 Å². The Hall–Kier alpha value is -3.91. The van der Waals surface area contributed by atoms with Crippen molar-refractivity contribution >= 4 is 34.4 Å². The average Bonchev–Trinajstić information content (AvgIpc) is 3.40. The van der Waals surface area contributed by atoms with Gasteiger partial charge in [-0.25, -0.2) is 0 Å². The van der Waals surface area contributed by atoms with E-state index in [1.165, 1.54) is 11.7 Å². The second kappa shape index (κ2) is 8.08. The Labute approximate surface area is 182 Å². The van der Waals surface area contributed by atoms with Crippen LogP contribution in [0.1, 0.15) is 5.69 Å². The maximum absolute atomic E-state index is 12.7. The standard InChI is InChI=1S/C23H18N6OS/c1-15-6-5-9-20(25-15)23-18(16-10-11-19-21(12-16)28-31-27-19)13-24-29(23)14-22(30)26-17-7-3-2-4-8-17/h2-13H,14H2,1H3,(H,26,30). The molecule has 0 saturated heterocycles. The van der Waals surface area contributed by atoms with Crippen molar-refractivity contribution in [1.82, 2.24) is 23.5 Å². The smallest absolute Gasteiger partial charge is 0.246 e. The summed E-state index contributed by atoms with van der Waals surface area (Å²) in [7, 11) is 0. The first kappa shape index (κ1) is 19.1. The lowest BCUT2D eigenvalue weighted by atomic mass is 10.0. The second-order valence-electron chi connectivity index (χ2n) is 7.11. The highest BCUT2D eigenvalue weighted by atomic mass is 32.1. The van der Waals surface area contributed by atoms with Gasteiger partial charge < -0.3 is 5.32 Å². The molecule has 0 fully saturated rings. The Balaban J connectivity index is 1.56. The Morgan fingerprint density at radius 2 is 1.84 bits per heavy atom. The van der Waals surface area contributed by atoms with E-state index in [1.54, 1.807) is 10.9 Å². The number of hydrogen-bond donors (Lipinski definition) is 1. The minimum atomic E-state index is -0.158. The fourth-order valence-electron chi connectivity index (χ4n) is 3.47. The lowest BCUT2D eigenvalue weighted by Crippen LogP contribution is -2.20. The lowest BCUT2D eigenvalue weighted by Gasteiger charge is -2.11. The van der Waals surface area contributed by atoms with Gasteiger partial charge in [-0.15, -0.1) is 0 Å². The second-order valence-corrected chi connectivity index (χ2v) is 7.64. The number of benzene rings is 2. The first-order valence-electron chi connectivity index (χ1n) is 9.75. The number of amides is 1. The molecular weight excluding hydrogens is 408 g/mol. The van der Waals surface area contributed by atoms with Gasteiger partial charge in [0.15, 0.2) is 0 Å². The minimum Gasteiger partial charge on any atom is -0.324 e. The number of nitrogens with one attached hydrogen (secondary N) is 1. The van der Waals surface area contributed by atoms with Crippen LogP contribution in [0.25, 0.3) is 33.5 Å². The highest BCUT2D eigenvalue weighted by molar-refractivity contribution is 7.00. The van der Waals surface area contributed by atoms with Gasteiger partial charge in [0.05, 0.1) is 29.3 Å². The van der Waals surface area contributed by atoms with Crippen LogP contribution >= 0.6 is 11.7 Å². The zero-order valence-electron chi connectivity index (χ0n) is 16.7. The summed E-state index contributed by atoms with van der Waals surface area (Å²) in [5, 5.41) is 7.44. The van der Waals surface area contributed by atoms with Gasteiger partial charge in [-0.1, -0.05) is 30.3 Å². The van der Waals surface area contributed by atoms with E-state index in [0.717, 1.165) is 44.9 Å². The molecule has 152 valence electrons. The van der Waals surface area contributed by atoms with Crippen molar-refractivity contribution in [2.45, 2.75) is 13.5 Å². The van der Waals surface area contributed by atoms with Crippen LogP contribution in [0.4, 0.5) is 5.69 Å². The SMILES string of the molecule is Cc1cccc(-c2c(-c3ccc4nsnc4c3)cnn2CC(=O)Nc2ccccc2)n1. The van der Waals surface area contributed by atoms with Crippen LogP contribution < -0.4 is 5.32 Å². The van der Waals surface area contributed by atoms with Gasteiger partial charge in [-0.2, -0.15) is 13.8 Å². The van der Waals surface area contributed by atoms with E-state index in [4.69, 9.17) is 0 Å². The highest BCUT2D eigenvalue weighted by Gasteiger charge is 2.19. The molecule has 0 aliphatic heterocycles. The molecule has 2 aromatic carbocycles. The van der Waals surface area contributed by atoms with Crippen molar-refractivity contribution in [2.75, 3.05) is 5.32 Å². The van der Waals surface area contributed by atoms with E-state index in [-0.39, 0.29) is 12.5 Å². The number of carbonyl (C=O) groups excluding carboxylic acids is 1. The third-order valence-electron chi connectivity index (χ3n) is 4.89. The fourth-order valence-corrected chi connectivity index (χ4v) is 3.99. The van der Waals surface area contributed by atoms with Crippen molar-refractivity contribution < 1.29 is 4.79 Å². The van der Waals surface area contributed by atoms with Crippen LogP contribution in [-0.4, -0.2) is 29.4 Å². The zero-order valence-corrected chi connectivity index (χ0v) is 17.5. The number of aryl methyl sites for hydroxylation is 1. The first-order chi connectivity index (χ1) is 15.2. The molecule has 0 atom stereocenters. The zero-order chi connectivity index (χ0) is 21.2. The summed E-state index contributed by atoms with van der Waals surface area (Å²) < 4.78 is 10.3. The molecule has 8 heteroatoms. The molecular formula is C23H18N6OS. The van der Waals surface area contributed by atoms with Gasteiger partial charge in [0, 0.05) is 16.9 Å². The van der Waals surface area contributed by atoms with Crippen LogP contribution in [0.2, 0.25) is 0 Å². The lowest BCUT2D eigenvalue weighted by molar-refractivity contribution is -0.116. The number of nitrogens with zero attached hydrogens (tertiary/aromatic N) is 5. The van der Waals surface area contributed by atoms with Gasteiger partial charge in [-0.05, 0) is 48.9 Å². The number of pyridine rings is 1. The largest absolute Gasteiger partial charge is 0.324 e. The van der Waals surface area contributed by atoms with E-state index < -0.39 is 0 Å². The Bertz CT molecular complexity index is 1380. The molecule has 0 radical (unpaired) electrons. The maximum Gasteiger partial charge on any atom is 0.246 e. The van der Waals surface area contributed by atoms with Crippen LogP contribution in [-0.2, 0) is 11.3 Å². The number of rotatable bonds is 5. The van der Waals surface area contributed by atoms with Gasteiger partial charge in [-0.3, -0.25) is 14.5 Å².